The third kappa shape index (κ3) is 2.03. The van der Waals surface area contributed by atoms with E-state index in [4.69, 9.17) is 4.98 Å². The quantitative estimate of drug-likeness (QED) is 0.687. The average Bonchev–Trinajstić information content (AvgIpc) is 2.32. The Hall–Kier alpha value is -1.12. The van der Waals surface area contributed by atoms with E-state index in [1.807, 2.05) is 4.57 Å². The van der Waals surface area contributed by atoms with Crippen molar-refractivity contribution < 1.29 is 0 Å². The van der Waals surface area contributed by atoms with Gasteiger partial charge in [-0.25, -0.2) is 4.98 Å². The van der Waals surface area contributed by atoms with Gasteiger partial charge >= 0.3 is 0 Å². The van der Waals surface area contributed by atoms with Crippen molar-refractivity contribution in [1.82, 2.24) is 9.55 Å². The zero-order valence-corrected chi connectivity index (χ0v) is 10.4. The van der Waals surface area contributed by atoms with Gasteiger partial charge in [-0.2, -0.15) is 0 Å². The number of hydrogen-bond acceptors (Lipinski definition) is 2. The Labute approximate surface area is 102 Å². The van der Waals surface area contributed by atoms with E-state index in [1.54, 1.807) is 0 Å². The van der Waals surface area contributed by atoms with Crippen molar-refractivity contribution in [2.24, 2.45) is 0 Å². The van der Waals surface area contributed by atoms with E-state index in [9.17, 15) is 4.79 Å². The Bertz CT molecular complexity index is 476. The molecule has 1 aliphatic heterocycles. The maximum atomic E-state index is 12.4. The SMILES string of the molecule is O=c1c2c(nc3n1CCCC3)CCCCCC2. The molecule has 0 N–H and O–H groups in total. The Balaban J connectivity index is 2.10. The van der Waals surface area contributed by atoms with Crippen LogP contribution in [0.2, 0.25) is 0 Å². The van der Waals surface area contributed by atoms with Gasteiger partial charge in [0.1, 0.15) is 5.82 Å². The summed E-state index contributed by atoms with van der Waals surface area (Å²) in [7, 11) is 0. The van der Waals surface area contributed by atoms with Gasteiger partial charge in [-0.3, -0.25) is 9.36 Å². The molecule has 2 heterocycles. The lowest BCUT2D eigenvalue weighted by molar-refractivity contribution is 0.481. The highest BCUT2D eigenvalue weighted by Gasteiger charge is 2.19. The minimum absolute atomic E-state index is 0.270. The number of aryl methyl sites for hydroxylation is 2. The second-order valence-electron chi connectivity index (χ2n) is 5.28. The van der Waals surface area contributed by atoms with Crippen LogP contribution in [0.5, 0.6) is 0 Å². The van der Waals surface area contributed by atoms with E-state index in [0.717, 1.165) is 55.7 Å². The van der Waals surface area contributed by atoms with Crippen molar-refractivity contribution in [3.63, 3.8) is 0 Å². The van der Waals surface area contributed by atoms with Gasteiger partial charge in [0.25, 0.3) is 5.56 Å². The summed E-state index contributed by atoms with van der Waals surface area (Å²) in [6.45, 7) is 0.883. The van der Waals surface area contributed by atoms with Crippen molar-refractivity contribution in [2.75, 3.05) is 0 Å². The average molecular weight is 232 g/mol. The molecule has 17 heavy (non-hydrogen) atoms. The number of rotatable bonds is 0. The van der Waals surface area contributed by atoms with Crippen LogP contribution in [0, 0.1) is 0 Å². The normalized spacial score (nSPS) is 20.0. The van der Waals surface area contributed by atoms with Gasteiger partial charge in [-0.1, -0.05) is 12.8 Å². The van der Waals surface area contributed by atoms with E-state index in [-0.39, 0.29) is 5.56 Å². The third-order valence-electron chi connectivity index (χ3n) is 4.05. The Kier molecular flexibility index (Phi) is 3.00. The second kappa shape index (κ2) is 4.63. The van der Waals surface area contributed by atoms with Gasteiger partial charge in [0, 0.05) is 18.5 Å². The molecule has 0 saturated heterocycles. The highest BCUT2D eigenvalue weighted by molar-refractivity contribution is 5.21. The van der Waals surface area contributed by atoms with E-state index in [0.29, 0.717) is 0 Å². The number of nitrogens with zero attached hydrogens (tertiary/aromatic N) is 2. The summed E-state index contributed by atoms with van der Waals surface area (Å²) in [5, 5.41) is 0. The molecule has 0 saturated carbocycles. The fourth-order valence-electron chi connectivity index (χ4n) is 3.07. The van der Waals surface area contributed by atoms with Gasteiger partial charge in [-0.05, 0) is 38.5 Å². The van der Waals surface area contributed by atoms with E-state index in [2.05, 4.69) is 0 Å². The van der Waals surface area contributed by atoms with Crippen LogP contribution in [0.15, 0.2) is 4.79 Å². The molecule has 0 unspecified atom stereocenters. The highest BCUT2D eigenvalue weighted by Crippen LogP contribution is 2.18. The molecule has 0 fully saturated rings. The first-order chi connectivity index (χ1) is 8.36. The fraction of sp³-hybridized carbons (Fsp3) is 0.714. The molecule has 92 valence electrons. The summed E-state index contributed by atoms with van der Waals surface area (Å²) in [6, 6.07) is 0. The highest BCUT2D eigenvalue weighted by atomic mass is 16.1. The second-order valence-corrected chi connectivity index (χ2v) is 5.28. The molecule has 1 aromatic rings. The van der Waals surface area contributed by atoms with Crippen LogP contribution in [0.4, 0.5) is 0 Å². The molecule has 1 aromatic heterocycles. The molecule has 2 aliphatic rings. The minimum Gasteiger partial charge on any atom is -0.296 e. The summed E-state index contributed by atoms with van der Waals surface area (Å²) >= 11 is 0. The molecule has 0 spiro atoms. The maximum Gasteiger partial charge on any atom is 0.256 e. The van der Waals surface area contributed by atoms with Gasteiger partial charge < -0.3 is 0 Å². The molecule has 1 aliphatic carbocycles. The minimum atomic E-state index is 0.270. The van der Waals surface area contributed by atoms with Gasteiger partial charge in [0.15, 0.2) is 0 Å². The number of fused-ring (bicyclic) bond motifs is 2. The molecule has 3 rings (SSSR count). The van der Waals surface area contributed by atoms with E-state index < -0.39 is 0 Å². The standard InChI is InChI=1S/C14H20N2O/c17-14-11-7-3-1-2-4-8-12(11)15-13-9-5-6-10-16(13)14/h1-10H2. The number of aromatic nitrogens is 2. The van der Waals surface area contributed by atoms with Crippen LogP contribution in [0.25, 0.3) is 0 Å². The maximum absolute atomic E-state index is 12.4. The van der Waals surface area contributed by atoms with Gasteiger partial charge in [-0.15, -0.1) is 0 Å². The summed E-state index contributed by atoms with van der Waals surface area (Å²) in [4.78, 5) is 17.2. The zero-order valence-electron chi connectivity index (χ0n) is 10.4. The van der Waals surface area contributed by atoms with Crippen molar-refractivity contribution in [1.29, 1.82) is 0 Å². The first-order valence-corrected chi connectivity index (χ1v) is 6.98. The smallest absolute Gasteiger partial charge is 0.256 e. The monoisotopic (exact) mass is 232 g/mol. The van der Waals surface area contributed by atoms with Crippen molar-refractivity contribution in [3.05, 3.63) is 27.4 Å². The molecule has 0 amide bonds. The lowest BCUT2D eigenvalue weighted by atomic mass is 9.97. The van der Waals surface area contributed by atoms with Crippen LogP contribution in [0.3, 0.4) is 0 Å². The summed E-state index contributed by atoms with van der Waals surface area (Å²) in [5.74, 6) is 1.04. The van der Waals surface area contributed by atoms with Crippen molar-refractivity contribution >= 4 is 0 Å². The molecular formula is C14H20N2O. The van der Waals surface area contributed by atoms with Crippen LogP contribution < -0.4 is 5.56 Å². The van der Waals surface area contributed by atoms with Gasteiger partial charge in [0.05, 0.1) is 5.69 Å². The predicted octanol–water partition coefficient (Wildman–Crippen LogP) is 2.24. The molecule has 0 radical (unpaired) electrons. The van der Waals surface area contributed by atoms with Crippen molar-refractivity contribution in [3.8, 4) is 0 Å². The zero-order chi connectivity index (χ0) is 11.7. The summed E-state index contributed by atoms with van der Waals surface area (Å²) in [5.41, 5.74) is 2.41. The summed E-state index contributed by atoms with van der Waals surface area (Å²) < 4.78 is 1.93. The Morgan fingerprint density at radius 1 is 0.882 bits per heavy atom. The third-order valence-corrected chi connectivity index (χ3v) is 4.05. The van der Waals surface area contributed by atoms with Crippen molar-refractivity contribution in [2.45, 2.75) is 64.3 Å². The largest absolute Gasteiger partial charge is 0.296 e. The lowest BCUT2D eigenvalue weighted by Gasteiger charge is -2.21. The molecule has 3 heteroatoms. The first-order valence-electron chi connectivity index (χ1n) is 6.98. The van der Waals surface area contributed by atoms with Crippen LogP contribution in [0.1, 0.15) is 55.6 Å². The predicted molar refractivity (Wildman–Crippen MR) is 67.3 cm³/mol. The Morgan fingerprint density at radius 3 is 2.53 bits per heavy atom. The Morgan fingerprint density at radius 2 is 1.65 bits per heavy atom. The topological polar surface area (TPSA) is 34.9 Å². The number of hydrogen-bond donors (Lipinski definition) is 0. The lowest BCUT2D eigenvalue weighted by Crippen LogP contribution is -2.32. The van der Waals surface area contributed by atoms with Crippen LogP contribution >= 0.6 is 0 Å². The molecule has 0 atom stereocenters. The summed E-state index contributed by atoms with van der Waals surface area (Å²) in [6.07, 6.45) is 10.2. The molecule has 0 aromatic carbocycles. The van der Waals surface area contributed by atoms with Crippen LogP contribution in [-0.2, 0) is 25.8 Å². The molecule has 0 bridgehead atoms. The van der Waals surface area contributed by atoms with E-state index >= 15 is 0 Å². The van der Waals surface area contributed by atoms with Gasteiger partial charge in [0.2, 0.25) is 0 Å². The fourth-order valence-corrected chi connectivity index (χ4v) is 3.07. The molecular weight excluding hydrogens is 212 g/mol. The first kappa shape index (κ1) is 11.0. The van der Waals surface area contributed by atoms with Crippen LogP contribution in [-0.4, -0.2) is 9.55 Å². The van der Waals surface area contributed by atoms with E-state index in [1.165, 1.54) is 25.7 Å². The molecule has 3 nitrogen and oxygen atoms in total.